The van der Waals surface area contributed by atoms with Gasteiger partial charge in [-0.2, -0.15) is 0 Å². The molecule has 3 nitrogen and oxygen atoms in total. The van der Waals surface area contributed by atoms with Gasteiger partial charge in [-0.15, -0.1) is 0 Å². The third-order valence-electron chi connectivity index (χ3n) is 5.33. The van der Waals surface area contributed by atoms with E-state index in [0.29, 0.717) is 0 Å². The molecule has 26 heavy (non-hydrogen) atoms. The molecule has 0 aliphatic carbocycles. The van der Waals surface area contributed by atoms with Crippen molar-refractivity contribution in [1.82, 2.24) is 9.47 Å². The molecular weight excluding hydrogens is 332 g/mol. The fourth-order valence-electron chi connectivity index (χ4n) is 3.55. The first-order valence-electron chi connectivity index (χ1n) is 8.84. The lowest BCUT2D eigenvalue weighted by atomic mass is 10.1. The van der Waals surface area contributed by atoms with Crippen molar-refractivity contribution >= 4 is 11.5 Å². The molecule has 1 aliphatic heterocycles. The zero-order valence-corrected chi connectivity index (χ0v) is 14.8. The summed E-state index contributed by atoms with van der Waals surface area (Å²) in [5.41, 5.74) is 3.05. The molecule has 0 atom stereocenters. The Morgan fingerprint density at radius 3 is 2.00 bits per heavy atom. The zero-order valence-electron chi connectivity index (χ0n) is 14.8. The van der Waals surface area contributed by atoms with Crippen LogP contribution in [0.4, 0.5) is 20.3 Å². The van der Waals surface area contributed by atoms with Gasteiger partial charge in [0, 0.05) is 11.8 Å². The molecule has 0 spiro atoms. The second kappa shape index (κ2) is 6.57. The number of nitrogens with one attached hydrogen (secondary N) is 1. The Labute approximate surface area is 152 Å². The molecule has 0 radical (unpaired) electrons. The van der Waals surface area contributed by atoms with Crippen molar-refractivity contribution in [3.05, 3.63) is 72.3 Å². The van der Waals surface area contributed by atoms with Gasteiger partial charge in [-0.25, -0.2) is 8.78 Å². The van der Waals surface area contributed by atoms with Gasteiger partial charge in [0.15, 0.2) is 0 Å². The third kappa shape index (κ3) is 3.22. The highest BCUT2D eigenvalue weighted by atomic mass is 19.1. The van der Waals surface area contributed by atoms with Crippen LogP contribution in [-0.2, 0) is 0 Å². The molecule has 1 N–H and O–H groups in total. The number of halogens is 2. The predicted octanol–water partition coefficient (Wildman–Crippen LogP) is 4.42. The Hall–Kier alpha value is -2.66. The van der Waals surface area contributed by atoms with E-state index in [2.05, 4.69) is 29.1 Å². The first kappa shape index (κ1) is 16.8. The standard InChI is InChI=1S/C21H22F2N3/c1-26(14-12-25(13-15-26)19-8-6-18(23)7-9-19)21-11-10-20(24-21)16-2-4-17(22)5-3-16/h2-11,24H,12-15H2,1H3/q+1. The number of nitrogens with zero attached hydrogens (tertiary/aromatic N) is 2. The van der Waals surface area contributed by atoms with E-state index in [1.54, 1.807) is 12.1 Å². The van der Waals surface area contributed by atoms with Crippen LogP contribution >= 0.6 is 0 Å². The van der Waals surface area contributed by atoms with E-state index in [1.807, 2.05) is 12.1 Å². The molecule has 5 heteroatoms. The number of rotatable bonds is 3. The smallest absolute Gasteiger partial charge is 0.205 e. The Bertz CT molecular complexity index is 876. The highest BCUT2D eigenvalue weighted by molar-refractivity contribution is 5.63. The van der Waals surface area contributed by atoms with E-state index in [4.69, 9.17) is 0 Å². The summed E-state index contributed by atoms with van der Waals surface area (Å²) in [6.45, 7) is 3.74. The van der Waals surface area contributed by atoms with E-state index in [-0.39, 0.29) is 11.6 Å². The minimum atomic E-state index is -0.226. The lowest BCUT2D eigenvalue weighted by molar-refractivity contribution is 0.302. The molecule has 0 unspecified atom stereocenters. The summed E-state index contributed by atoms with van der Waals surface area (Å²) in [6.07, 6.45) is 0. The summed E-state index contributed by atoms with van der Waals surface area (Å²) in [6, 6.07) is 17.4. The average Bonchev–Trinajstić information content (AvgIpc) is 3.15. The molecule has 134 valence electrons. The summed E-state index contributed by atoms with van der Waals surface area (Å²) in [4.78, 5) is 5.80. The van der Waals surface area contributed by atoms with Gasteiger partial charge in [0.1, 0.15) is 24.7 Å². The molecular formula is C21H22F2N3+. The molecule has 3 aromatic rings. The Balaban J connectivity index is 1.48. The maximum absolute atomic E-state index is 13.1. The molecule has 1 saturated heterocycles. The number of hydrogen-bond acceptors (Lipinski definition) is 1. The fraction of sp³-hybridized carbons (Fsp3) is 0.238. The molecule has 0 bridgehead atoms. The lowest BCUT2D eigenvalue weighted by Crippen LogP contribution is -2.58. The van der Waals surface area contributed by atoms with Crippen LogP contribution in [0.2, 0.25) is 0 Å². The SMILES string of the molecule is C[N+]1(c2ccc(-c3ccc(F)cc3)[nH]2)CCN(c2ccc(F)cc2)CC1. The second-order valence-electron chi connectivity index (χ2n) is 7.07. The van der Waals surface area contributed by atoms with Crippen LogP contribution in [0.3, 0.4) is 0 Å². The van der Waals surface area contributed by atoms with Gasteiger partial charge >= 0.3 is 0 Å². The third-order valence-corrected chi connectivity index (χ3v) is 5.33. The summed E-state index contributed by atoms with van der Waals surface area (Å²) in [5.74, 6) is 0.727. The van der Waals surface area contributed by atoms with E-state index < -0.39 is 0 Å². The van der Waals surface area contributed by atoms with Gasteiger partial charge in [0.25, 0.3) is 0 Å². The summed E-state index contributed by atoms with van der Waals surface area (Å²) in [5, 5.41) is 0. The molecule has 1 aliphatic rings. The first-order valence-corrected chi connectivity index (χ1v) is 8.84. The van der Waals surface area contributed by atoms with Crippen LogP contribution in [-0.4, -0.2) is 38.2 Å². The van der Waals surface area contributed by atoms with Crippen LogP contribution in [0.5, 0.6) is 0 Å². The monoisotopic (exact) mass is 354 g/mol. The Kier molecular flexibility index (Phi) is 4.24. The minimum Gasteiger partial charge on any atom is -0.360 e. The number of benzene rings is 2. The van der Waals surface area contributed by atoms with Crippen LogP contribution in [0.25, 0.3) is 11.3 Å². The summed E-state index contributed by atoms with van der Waals surface area (Å²) < 4.78 is 27.1. The molecule has 4 rings (SSSR count). The largest absolute Gasteiger partial charge is 0.360 e. The Morgan fingerprint density at radius 1 is 0.808 bits per heavy atom. The van der Waals surface area contributed by atoms with E-state index in [9.17, 15) is 8.78 Å². The number of hydrogen-bond donors (Lipinski definition) is 1. The highest BCUT2D eigenvalue weighted by Gasteiger charge is 2.32. The van der Waals surface area contributed by atoms with Crippen LogP contribution in [0.1, 0.15) is 0 Å². The quantitative estimate of drug-likeness (QED) is 0.690. The van der Waals surface area contributed by atoms with Crippen molar-refractivity contribution in [3.63, 3.8) is 0 Å². The van der Waals surface area contributed by atoms with Gasteiger partial charge < -0.3 is 9.88 Å². The minimum absolute atomic E-state index is 0.203. The number of aromatic amines is 1. The molecule has 0 amide bonds. The van der Waals surface area contributed by atoms with Crippen molar-refractivity contribution < 1.29 is 8.78 Å². The maximum atomic E-state index is 13.1. The van der Waals surface area contributed by atoms with E-state index in [0.717, 1.165) is 53.4 Å². The van der Waals surface area contributed by atoms with Gasteiger partial charge in [0.05, 0.1) is 25.8 Å². The maximum Gasteiger partial charge on any atom is 0.205 e. The zero-order chi connectivity index (χ0) is 18.1. The molecule has 1 aromatic heterocycles. The average molecular weight is 354 g/mol. The molecule has 0 saturated carbocycles. The van der Waals surface area contributed by atoms with Gasteiger partial charge in [-0.3, -0.25) is 4.48 Å². The fourth-order valence-corrected chi connectivity index (χ4v) is 3.55. The van der Waals surface area contributed by atoms with E-state index >= 15 is 0 Å². The Morgan fingerprint density at radius 2 is 1.38 bits per heavy atom. The van der Waals surface area contributed by atoms with Crippen LogP contribution < -0.4 is 9.38 Å². The van der Waals surface area contributed by atoms with E-state index in [1.165, 1.54) is 24.3 Å². The first-order chi connectivity index (χ1) is 12.5. The summed E-state index contributed by atoms with van der Waals surface area (Å²) in [7, 11) is 2.22. The van der Waals surface area contributed by atoms with Gasteiger partial charge in [-0.1, -0.05) is 0 Å². The second-order valence-corrected chi connectivity index (χ2v) is 7.07. The van der Waals surface area contributed by atoms with Gasteiger partial charge in [0.2, 0.25) is 5.82 Å². The van der Waals surface area contributed by atoms with Crippen molar-refractivity contribution in [2.24, 2.45) is 0 Å². The van der Waals surface area contributed by atoms with Crippen LogP contribution in [0.15, 0.2) is 60.7 Å². The van der Waals surface area contributed by atoms with Crippen molar-refractivity contribution in [2.75, 3.05) is 38.1 Å². The highest BCUT2D eigenvalue weighted by Crippen LogP contribution is 2.28. The lowest BCUT2D eigenvalue weighted by Gasteiger charge is -2.41. The molecule has 1 fully saturated rings. The van der Waals surface area contributed by atoms with Crippen molar-refractivity contribution in [1.29, 1.82) is 0 Å². The number of likely N-dealkylation sites (N-methyl/N-ethyl adjacent to an activating group) is 1. The normalized spacial score (nSPS) is 16.7. The predicted molar refractivity (Wildman–Crippen MR) is 102 cm³/mol. The van der Waals surface area contributed by atoms with Gasteiger partial charge in [-0.05, 0) is 60.2 Å². The number of aromatic nitrogens is 1. The summed E-state index contributed by atoms with van der Waals surface area (Å²) >= 11 is 0. The number of anilines is 1. The van der Waals surface area contributed by atoms with Crippen molar-refractivity contribution in [2.45, 2.75) is 0 Å². The van der Waals surface area contributed by atoms with Crippen LogP contribution in [0, 0.1) is 11.6 Å². The number of quaternary nitrogens is 1. The topological polar surface area (TPSA) is 19.0 Å². The number of piperazine rings is 1. The molecule has 2 aromatic carbocycles. The molecule has 2 heterocycles. The number of H-pyrrole nitrogens is 1. The van der Waals surface area contributed by atoms with Crippen molar-refractivity contribution in [3.8, 4) is 11.3 Å².